The third-order valence-electron chi connectivity index (χ3n) is 2.96. The Labute approximate surface area is 94.5 Å². The van der Waals surface area contributed by atoms with Crippen LogP contribution in [0.25, 0.3) is 0 Å². The maximum atomic E-state index is 11.8. The molecule has 2 atom stereocenters. The highest BCUT2D eigenvalue weighted by molar-refractivity contribution is 7.99. The average molecular weight is 230 g/mol. The molecular weight excluding hydrogens is 212 g/mol. The second-order valence-electron chi connectivity index (χ2n) is 4.03. The Hall–Kier alpha value is -0.260. The molecule has 2 rings (SSSR count). The summed E-state index contributed by atoms with van der Waals surface area (Å²) in [6.45, 7) is 1.33. The molecule has 0 spiro atoms. The van der Waals surface area contributed by atoms with E-state index in [4.69, 9.17) is 10.5 Å². The van der Waals surface area contributed by atoms with Crippen LogP contribution in [-0.2, 0) is 9.53 Å². The van der Waals surface area contributed by atoms with E-state index in [9.17, 15) is 4.79 Å². The Morgan fingerprint density at radius 2 is 2.40 bits per heavy atom. The first kappa shape index (κ1) is 11.2. The maximum Gasteiger partial charge on any atom is 0.249 e. The standard InChI is InChI=1S/C10H18N2O2S/c11-5-8-6-14-7-9(13)12(8)10-3-1-2-4-15-10/h8,10H,1-7,11H2. The van der Waals surface area contributed by atoms with Crippen LogP contribution in [0.2, 0.25) is 0 Å². The fourth-order valence-corrected chi connectivity index (χ4v) is 3.59. The zero-order valence-corrected chi connectivity index (χ0v) is 9.67. The molecule has 86 valence electrons. The molecule has 2 heterocycles. The molecule has 0 radical (unpaired) electrons. The summed E-state index contributed by atoms with van der Waals surface area (Å²) in [7, 11) is 0. The molecule has 2 N–H and O–H groups in total. The van der Waals surface area contributed by atoms with Crippen LogP contribution in [0.1, 0.15) is 19.3 Å². The van der Waals surface area contributed by atoms with Gasteiger partial charge in [-0.05, 0) is 25.0 Å². The molecule has 0 bridgehead atoms. The normalized spacial score (nSPS) is 33.1. The van der Waals surface area contributed by atoms with Crippen molar-refractivity contribution in [2.45, 2.75) is 30.7 Å². The smallest absolute Gasteiger partial charge is 0.249 e. The molecule has 1 amide bonds. The molecule has 0 aromatic carbocycles. The Balaban J connectivity index is 2.03. The van der Waals surface area contributed by atoms with Gasteiger partial charge in [-0.2, -0.15) is 0 Å². The Morgan fingerprint density at radius 1 is 1.53 bits per heavy atom. The lowest BCUT2D eigenvalue weighted by Gasteiger charge is -2.41. The fraction of sp³-hybridized carbons (Fsp3) is 0.900. The third-order valence-corrected chi connectivity index (χ3v) is 4.33. The minimum atomic E-state index is 0.0850. The topological polar surface area (TPSA) is 55.6 Å². The zero-order valence-electron chi connectivity index (χ0n) is 8.85. The molecule has 5 heteroatoms. The number of rotatable bonds is 2. The van der Waals surface area contributed by atoms with Gasteiger partial charge in [0.05, 0.1) is 18.0 Å². The highest BCUT2D eigenvalue weighted by Crippen LogP contribution is 2.30. The number of ether oxygens (including phenoxy) is 1. The van der Waals surface area contributed by atoms with Crippen molar-refractivity contribution in [3.05, 3.63) is 0 Å². The SMILES string of the molecule is NCC1COCC(=O)N1C1CCCCS1. The van der Waals surface area contributed by atoms with Crippen LogP contribution in [0.5, 0.6) is 0 Å². The highest BCUT2D eigenvalue weighted by atomic mass is 32.2. The van der Waals surface area contributed by atoms with E-state index in [1.807, 2.05) is 16.7 Å². The summed E-state index contributed by atoms with van der Waals surface area (Å²) in [5, 5.41) is 0.337. The third kappa shape index (κ3) is 2.46. The maximum absolute atomic E-state index is 11.8. The highest BCUT2D eigenvalue weighted by Gasteiger charge is 2.34. The summed E-state index contributed by atoms with van der Waals surface area (Å²) < 4.78 is 5.23. The van der Waals surface area contributed by atoms with E-state index in [2.05, 4.69) is 0 Å². The molecule has 2 saturated heterocycles. The summed E-state index contributed by atoms with van der Waals surface area (Å²) in [6.07, 6.45) is 3.60. The number of hydrogen-bond acceptors (Lipinski definition) is 4. The molecule has 0 aliphatic carbocycles. The van der Waals surface area contributed by atoms with E-state index < -0.39 is 0 Å². The molecule has 2 aliphatic heterocycles. The van der Waals surface area contributed by atoms with Crippen LogP contribution >= 0.6 is 11.8 Å². The first-order valence-electron chi connectivity index (χ1n) is 5.53. The molecule has 0 aromatic heterocycles. The van der Waals surface area contributed by atoms with Crippen LogP contribution in [0.15, 0.2) is 0 Å². The Kier molecular flexibility index (Phi) is 3.88. The van der Waals surface area contributed by atoms with Crippen LogP contribution in [0.3, 0.4) is 0 Å². The van der Waals surface area contributed by atoms with Crippen molar-refractivity contribution < 1.29 is 9.53 Å². The van der Waals surface area contributed by atoms with E-state index in [-0.39, 0.29) is 18.6 Å². The molecular formula is C10H18N2O2S. The Morgan fingerprint density at radius 3 is 3.07 bits per heavy atom. The van der Waals surface area contributed by atoms with Gasteiger partial charge in [0, 0.05) is 6.54 Å². The van der Waals surface area contributed by atoms with E-state index in [0.717, 1.165) is 12.2 Å². The van der Waals surface area contributed by atoms with Crippen molar-refractivity contribution >= 4 is 17.7 Å². The van der Waals surface area contributed by atoms with Crippen LogP contribution in [-0.4, -0.2) is 47.7 Å². The number of morpholine rings is 1. The summed E-state index contributed by atoms with van der Waals surface area (Å²) in [5.74, 6) is 1.27. The van der Waals surface area contributed by atoms with Gasteiger partial charge in [-0.3, -0.25) is 4.79 Å². The number of nitrogens with two attached hydrogens (primary N) is 1. The lowest BCUT2D eigenvalue weighted by atomic mass is 10.1. The van der Waals surface area contributed by atoms with E-state index >= 15 is 0 Å². The van der Waals surface area contributed by atoms with Gasteiger partial charge in [0.25, 0.3) is 0 Å². The van der Waals surface area contributed by atoms with Gasteiger partial charge in [0.15, 0.2) is 0 Å². The Bertz CT molecular complexity index is 231. The molecule has 4 nitrogen and oxygen atoms in total. The summed E-state index contributed by atoms with van der Waals surface area (Å²) >= 11 is 1.89. The van der Waals surface area contributed by atoms with Gasteiger partial charge in [-0.15, -0.1) is 11.8 Å². The van der Waals surface area contributed by atoms with E-state index in [1.165, 1.54) is 12.8 Å². The number of carbonyl (C=O) groups is 1. The van der Waals surface area contributed by atoms with E-state index in [1.54, 1.807) is 0 Å². The summed E-state index contributed by atoms with van der Waals surface area (Å²) in [5.41, 5.74) is 5.68. The van der Waals surface area contributed by atoms with Crippen LogP contribution in [0.4, 0.5) is 0 Å². The second-order valence-corrected chi connectivity index (χ2v) is 5.31. The number of carbonyl (C=O) groups excluding carboxylic acids is 1. The molecule has 2 aliphatic rings. The van der Waals surface area contributed by atoms with Gasteiger partial charge >= 0.3 is 0 Å². The molecule has 2 fully saturated rings. The average Bonchev–Trinajstić information content (AvgIpc) is 2.29. The van der Waals surface area contributed by atoms with Crippen molar-refractivity contribution in [1.82, 2.24) is 4.90 Å². The zero-order chi connectivity index (χ0) is 10.7. The van der Waals surface area contributed by atoms with Crippen molar-refractivity contribution in [2.24, 2.45) is 5.73 Å². The van der Waals surface area contributed by atoms with Gasteiger partial charge < -0.3 is 15.4 Å². The van der Waals surface area contributed by atoms with Gasteiger partial charge in [-0.25, -0.2) is 0 Å². The van der Waals surface area contributed by atoms with Gasteiger partial charge in [-0.1, -0.05) is 0 Å². The van der Waals surface area contributed by atoms with Crippen LogP contribution < -0.4 is 5.73 Å². The number of nitrogens with zero attached hydrogens (tertiary/aromatic N) is 1. The number of amides is 1. The minimum Gasteiger partial charge on any atom is -0.369 e. The number of thioether (sulfide) groups is 1. The molecule has 0 aromatic rings. The van der Waals surface area contributed by atoms with Crippen molar-refractivity contribution in [1.29, 1.82) is 0 Å². The second kappa shape index (κ2) is 5.18. The predicted molar refractivity (Wildman–Crippen MR) is 60.6 cm³/mol. The largest absolute Gasteiger partial charge is 0.369 e. The molecule has 0 saturated carbocycles. The first-order chi connectivity index (χ1) is 7.33. The lowest BCUT2D eigenvalue weighted by molar-refractivity contribution is -0.148. The monoisotopic (exact) mass is 230 g/mol. The predicted octanol–water partition coefficient (Wildman–Crippen LogP) is 0.416. The number of hydrogen-bond donors (Lipinski definition) is 1. The van der Waals surface area contributed by atoms with Gasteiger partial charge in [0.2, 0.25) is 5.91 Å². The quantitative estimate of drug-likeness (QED) is 0.747. The molecule has 15 heavy (non-hydrogen) atoms. The van der Waals surface area contributed by atoms with Crippen molar-refractivity contribution in [3.8, 4) is 0 Å². The van der Waals surface area contributed by atoms with E-state index in [0.29, 0.717) is 18.5 Å². The van der Waals surface area contributed by atoms with Crippen molar-refractivity contribution in [3.63, 3.8) is 0 Å². The minimum absolute atomic E-state index is 0.0850. The fourth-order valence-electron chi connectivity index (χ4n) is 2.16. The molecule has 2 unspecified atom stereocenters. The first-order valence-corrected chi connectivity index (χ1v) is 6.58. The lowest BCUT2D eigenvalue weighted by Crippen LogP contribution is -2.56. The van der Waals surface area contributed by atoms with Crippen molar-refractivity contribution in [2.75, 3.05) is 25.5 Å². The summed E-state index contributed by atoms with van der Waals surface area (Å²) in [6, 6.07) is 0.0850. The van der Waals surface area contributed by atoms with Gasteiger partial charge in [0.1, 0.15) is 6.61 Å². The van der Waals surface area contributed by atoms with Crippen LogP contribution in [0, 0.1) is 0 Å². The summed E-state index contributed by atoms with van der Waals surface area (Å²) in [4.78, 5) is 13.8.